The fourth-order valence-electron chi connectivity index (χ4n) is 3.72. The first kappa shape index (κ1) is 19.4. The van der Waals surface area contributed by atoms with Crippen molar-refractivity contribution in [2.75, 3.05) is 26.3 Å². The van der Waals surface area contributed by atoms with E-state index >= 15 is 0 Å². The molecule has 4 rings (SSSR count). The summed E-state index contributed by atoms with van der Waals surface area (Å²) in [5.41, 5.74) is 2.49. The second-order valence-electron chi connectivity index (χ2n) is 6.92. The third-order valence-electron chi connectivity index (χ3n) is 5.23. The van der Waals surface area contributed by atoms with Crippen molar-refractivity contribution in [3.63, 3.8) is 0 Å². The van der Waals surface area contributed by atoms with Gasteiger partial charge in [-0.3, -0.25) is 4.79 Å². The Labute approximate surface area is 169 Å². The summed E-state index contributed by atoms with van der Waals surface area (Å²) in [5, 5.41) is 3.23. The third-order valence-corrected chi connectivity index (χ3v) is 7.45. The summed E-state index contributed by atoms with van der Waals surface area (Å²) in [6, 6.07) is 12.2. The van der Waals surface area contributed by atoms with Gasteiger partial charge in [-0.1, -0.05) is 35.9 Å². The number of hydrogen-bond donors (Lipinski definition) is 1. The number of benzene rings is 2. The highest BCUT2D eigenvalue weighted by molar-refractivity contribution is 7.89. The van der Waals surface area contributed by atoms with Crippen LogP contribution in [0.2, 0.25) is 5.02 Å². The van der Waals surface area contributed by atoms with Gasteiger partial charge in [-0.05, 0) is 42.2 Å². The number of aryl methyl sites for hydroxylation is 1. The van der Waals surface area contributed by atoms with Gasteiger partial charge in [-0.25, -0.2) is 8.42 Å². The molecule has 0 saturated carbocycles. The predicted octanol–water partition coefficient (Wildman–Crippen LogP) is 2.78. The molecule has 2 aromatic rings. The van der Waals surface area contributed by atoms with Crippen LogP contribution in [0.3, 0.4) is 0 Å². The lowest BCUT2D eigenvalue weighted by atomic mass is 10.1. The van der Waals surface area contributed by atoms with Gasteiger partial charge >= 0.3 is 0 Å². The van der Waals surface area contributed by atoms with Crippen molar-refractivity contribution in [3.05, 3.63) is 64.2 Å². The summed E-state index contributed by atoms with van der Waals surface area (Å²) in [6.45, 7) is 1.32. The van der Waals surface area contributed by atoms with E-state index in [1.807, 2.05) is 18.2 Å². The first-order valence-corrected chi connectivity index (χ1v) is 11.0. The molecule has 1 aliphatic carbocycles. The number of carbonyl (C=O) groups excluding carboxylic acids is 1. The summed E-state index contributed by atoms with van der Waals surface area (Å²) in [5.74, 6) is -0.370. The number of fused-ring (bicyclic) bond motifs is 1. The minimum Gasteiger partial charge on any atom is -0.379 e. The highest BCUT2D eigenvalue weighted by Gasteiger charge is 2.29. The molecule has 1 fully saturated rings. The first-order valence-electron chi connectivity index (χ1n) is 9.23. The predicted molar refractivity (Wildman–Crippen MR) is 106 cm³/mol. The van der Waals surface area contributed by atoms with Crippen molar-refractivity contribution in [2.24, 2.45) is 0 Å². The number of nitrogens with one attached hydrogen (secondary N) is 1. The van der Waals surface area contributed by atoms with Gasteiger partial charge in [0, 0.05) is 13.1 Å². The Morgan fingerprint density at radius 1 is 1.14 bits per heavy atom. The molecule has 1 amide bonds. The van der Waals surface area contributed by atoms with Gasteiger partial charge in [0.15, 0.2) is 0 Å². The van der Waals surface area contributed by atoms with Gasteiger partial charge in [0.25, 0.3) is 5.91 Å². The van der Waals surface area contributed by atoms with E-state index in [1.165, 1.54) is 28.1 Å². The van der Waals surface area contributed by atoms with E-state index < -0.39 is 10.0 Å². The zero-order valence-corrected chi connectivity index (χ0v) is 16.8. The van der Waals surface area contributed by atoms with Crippen molar-refractivity contribution >= 4 is 27.5 Å². The topological polar surface area (TPSA) is 75.7 Å². The summed E-state index contributed by atoms with van der Waals surface area (Å²) >= 11 is 6.22. The Morgan fingerprint density at radius 3 is 2.68 bits per heavy atom. The molecule has 8 heteroatoms. The number of amides is 1. The van der Waals surface area contributed by atoms with Crippen molar-refractivity contribution < 1.29 is 17.9 Å². The van der Waals surface area contributed by atoms with Gasteiger partial charge in [0.05, 0.1) is 34.7 Å². The number of hydrogen-bond acceptors (Lipinski definition) is 4. The minimum atomic E-state index is -3.70. The fraction of sp³-hybridized carbons (Fsp3) is 0.350. The fourth-order valence-corrected chi connectivity index (χ4v) is 5.36. The molecule has 1 N–H and O–H groups in total. The molecular weight excluding hydrogens is 400 g/mol. The molecule has 148 valence electrons. The number of rotatable bonds is 4. The standard InChI is InChI=1S/C20H21ClN2O4S/c21-18-7-6-15(28(25,26)23-9-11-27-12-10-23)13-17(18)20(24)22-19-8-5-14-3-1-2-4-16(14)19/h1-4,6-7,13,19H,5,8-12H2,(H,22,24). The molecule has 28 heavy (non-hydrogen) atoms. The van der Waals surface area contributed by atoms with E-state index in [0.717, 1.165) is 18.4 Å². The minimum absolute atomic E-state index is 0.0655. The molecule has 1 atom stereocenters. The van der Waals surface area contributed by atoms with Gasteiger partial charge < -0.3 is 10.1 Å². The first-order chi connectivity index (χ1) is 13.5. The van der Waals surface area contributed by atoms with Crippen molar-refractivity contribution in [1.82, 2.24) is 9.62 Å². The van der Waals surface area contributed by atoms with Crippen LogP contribution in [-0.4, -0.2) is 44.9 Å². The summed E-state index contributed by atoms with van der Waals surface area (Å²) in [4.78, 5) is 12.9. The van der Waals surface area contributed by atoms with Crippen LogP contribution >= 0.6 is 11.6 Å². The molecular formula is C20H21ClN2O4S. The maximum absolute atomic E-state index is 12.9. The zero-order valence-electron chi connectivity index (χ0n) is 15.2. The van der Waals surface area contributed by atoms with Crippen LogP contribution in [0.15, 0.2) is 47.4 Å². The van der Waals surface area contributed by atoms with Crippen molar-refractivity contribution in [2.45, 2.75) is 23.8 Å². The normalized spacial score (nSPS) is 20.0. The lowest BCUT2D eigenvalue weighted by molar-refractivity contribution is 0.0730. The Hall–Kier alpha value is -1.93. The van der Waals surface area contributed by atoms with E-state index in [1.54, 1.807) is 0 Å². The van der Waals surface area contributed by atoms with Crippen LogP contribution in [0.1, 0.15) is 33.9 Å². The zero-order chi connectivity index (χ0) is 19.7. The molecule has 1 aliphatic heterocycles. The van der Waals surface area contributed by atoms with Gasteiger partial charge in [-0.2, -0.15) is 4.31 Å². The summed E-state index contributed by atoms with van der Waals surface area (Å²) in [7, 11) is -3.70. The number of morpholine rings is 1. The maximum atomic E-state index is 12.9. The Morgan fingerprint density at radius 2 is 1.89 bits per heavy atom. The Bertz CT molecular complexity index is 1000. The third kappa shape index (κ3) is 3.67. The van der Waals surface area contributed by atoms with E-state index in [9.17, 15) is 13.2 Å². The molecule has 2 aromatic carbocycles. The van der Waals surface area contributed by atoms with Crippen molar-refractivity contribution in [1.29, 1.82) is 0 Å². The Kier molecular flexibility index (Phi) is 5.42. The lowest BCUT2D eigenvalue weighted by Crippen LogP contribution is -2.40. The van der Waals surface area contributed by atoms with E-state index in [-0.39, 0.29) is 27.4 Å². The molecule has 0 spiro atoms. The van der Waals surface area contributed by atoms with Gasteiger partial charge in [0.2, 0.25) is 10.0 Å². The smallest absolute Gasteiger partial charge is 0.253 e. The van der Waals surface area contributed by atoms with Crippen LogP contribution in [0.4, 0.5) is 0 Å². The van der Waals surface area contributed by atoms with E-state index in [0.29, 0.717) is 26.3 Å². The monoisotopic (exact) mass is 420 g/mol. The molecule has 1 saturated heterocycles. The number of carbonyl (C=O) groups is 1. The van der Waals surface area contributed by atoms with Crippen LogP contribution in [0, 0.1) is 0 Å². The van der Waals surface area contributed by atoms with Gasteiger partial charge in [0.1, 0.15) is 0 Å². The van der Waals surface area contributed by atoms with Crippen LogP contribution < -0.4 is 5.32 Å². The second-order valence-corrected chi connectivity index (χ2v) is 9.27. The number of ether oxygens (including phenoxy) is 1. The molecule has 1 unspecified atom stereocenters. The van der Waals surface area contributed by atoms with Crippen LogP contribution in [0.25, 0.3) is 0 Å². The Balaban J connectivity index is 1.58. The summed E-state index contributed by atoms with van der Waals surface area (Å²) in [6.07, 6.45) is 1.72. The average molecular weight is 421 g/mol. The van der Waals surface area contributed by atoms with Crippen LogP contribution in [-0.2, 0) is 21.2 Å². The number of nitrogens with zero attached hydrogens (tertiary/aromatic N) is 1. The van der Waals surface area contributed by atoms with E-state index in [2.05, 4.69) is 11.4 Å². The highest BCUT2D eigenvalue weighted by atomic mass is 35.5. The molecule has 2 aliphatic rings. The second kappa shape index (κ2) is 7.83. The van der Waals surface area contributed by atoms with Crippen molar-refractivity contribution in [3.8, 4) is 0 Å². The number of sulfonamides is 1. The SMILES string of the molecule is O=C(NC1CCc2ccccc21)c1cc(S(=O)(=O)N2CCOCC2)ccc1Cl. The van der Waals surface area contributed by atoms with Crippen LogP contribution in [0.5, 0.6) is 0 Å². The quantitative estimate of drug-likeness (QED) is 0.825. The molecule has 0 radical (unpaired) electrons. The molecule has 1 heterocycles. The van der Waals surface area contributed by atoms with E-state index in [4.69, 9.17) is 16.3 Å². The largest absolute Gasteiger partial charge is 0.379 e. The summed E-state index contributed by atoms with van der Waals surface area (Å²) < 4.78 is 32.3. The molecule has 0 aromatic heterocycles. The molecule has 0 bridgehead atoms. The molecule has 6 nitrogen and oxygen atoms in total. The van der Waals surface area contributed by atoms with Gasteiger partial charge in [-0.15, -0.1) is 0 Å². The average Bonchev–Trinajstić information content (AvgIpc) is 3.11. The number of halogens is 1. The maximum Gasteiger partial charge on any atom is 0.253 e. The lowest BCUT2D eigenvalue weighted by Gasteiger charge is -2.26. The highest BCUT2D eigenvalue weighted by Crippen LogP contribution is 2.31.